The van der Waals surface area contributed by atoms with Crippen molar-refractivity contribution in [3.63, 3.8) is 0 Å². The van der Waals surface area contributed by atoms with Gasteiger partial charge in [0.25, 0.3) is 0 Å². The van der Waals surface area contributed by atoms with Gasteiger partial charge < -0.3 is 9.64 Å². The van der Waals surface area contributed by atoms with Gasteiger partial charge in [0.1, 0.15) is 5.75 Å². The highest BCUT2D eigenvalue weighted by Crippen LogP contribution is 2.23. The molecule has 1 aromatic carbocycles. The van der Waals surface area contributed by atoms with Gasteiger partial charge >= 0.3 is 0 Å². The van der Waals surface area contributed by atoms with Crippen LogP contribution in [-0.4, -0.2) is 36.9 Å². The molecular formula is C20H31NO2. The molecule has 0 unspecified atom stereocenters. The van der Waals surface area contributed by atoms with E-state index in [2.05, 4.69) is 18.7 Å². The lowest BCUT2D eigenvalue weighted by Gasteiger charge is -2.19. The first-order chi connectivity index (χ1) is 11.1. The van der Waals surface area contributed by atoms with Crippen LogP contribution in [0.4, 0.5) is 0 Å². The number of Topliss-reactive ketones (excluding diaryl/α,β-unsaturated/α-hetero) is 1. The number of carbonyl (C=O) groups excluding carboxylic acids is 1. The van der Waals surface area contributed by atoms with Crippen molar-refractivity contribution in [2.75, 3.05) is 26.2 Å². The number of benzene rings is 1. The highest BCUT2D eigenvalue weighted by Gasteiger charge is 2.16. The van der Waals surface area contributed by atoms with Crippen LogP contribution in [0.5, 0.6) is 5.75 Å². The van der Waals surface area contributed by atoms with Crippen molar-refractivity contribution in [3.05, 3.63) is 29.3 Å². The first kappa shape index (κ1) is 18.0. The van der Waals surface area contributed by atoms with Gasteiger partial charge in [0.2, 0.25) is 0 Å². The van der Waals surface area contributed by atoms with Gasteiger partial charge in [0.15, 0.2) is 5.78 Å². The second kappa shape index (κ2) is 9.07. The molecule has 1 heterocycles. The monoisotopic (exact) mass is 317 g/mol. The summed E-state index contributed by atoms with van der Waals surface area (Å²) in [7, 11) is 0. The van der Waals surface area contributed by atoms with Gasteiger partial charge in [0.05, 0.1) is 12.2 Å². The van der Waals surface area contributed by atoms with E-state index in [4.69, 9.17) is 4.74 Å². The number of ether oxygens (including phenoxy) is 1. The molecule has 1 aliphatic heterocycles. The minimum absolute atomic E-state index is 0.205. The second-order valence-electron chi connectivity index (χ2n) is 7.13. The van der Waals surface area contributed by atoms with Gasteiger partial charge in [-0.3, -0.25) is 4.79 Å². The topological polar surface area (TPSA) is 29.5 Å². The van der Waals surface area contributed by atoms with E-state index in [0.29, 0.717) is 18.9 Å². The second-order valence-corrected chi connectivity index (χ2v) is 7.13. The molecule has 0 aliphatic carbocycles. The third-order valence-corrected chi connectivity index (χ3v) is 4.36. The maximum absolute atomic E-state index is 12.7. The molecule has 0 radical (unpaired) electrons. The smallest absolute Gasteiger partial charge is 0.167 e. The van der Waals surface area contributed by atoms with Crippen LogP contribution in [0, 0.1) is 12.8 Å². The highest BCUT2D eigenvalue weighted by molar-refractivity contribution is 5.99. The van der Waals surface area contributed by atoms with Crippen LogP contribution in [0.3, 0.4) is 0 Å². The first-order valence-electron chi connectivity index (χ1n) is 9.05. The summed E-state index contributed by atoms with van der Waals surface area (Å²) in [5.41, 5.74) is 1.86. The van der Waals surface area contributed by atoms with Crippen molar-refractivity contribution < 1.29 is 9.53 Å². The molecule has 0 saturated carbocycles. The number of aryl methyl sites for hydroxylation is 1. The van der Waals surface area contributed by atoms with E-state index in [9.17, 15) is 4.79 Å². The van der Waals surface area contributed by atoms with E-state index in [1.165, 1.54) is 25.7 Å². The van der Waals surface area contributed by atoms with Crippen molar-refractivity contribution in [2.45, 2.75) is 52.9 Å². The van der Waals surface area contributed by atoms with Gasteiger partial charge in [-0.1, -0.05) is 38.3 Å². The van der Waals surface area contributed by atoms with Crippen molar-refractivity contribution >= 4 is 5.78 Å². The average Bonchev–Trinajstić information content (AvgIpc) is 2.80. The average molecular weight is 317 g/mol. The highest BCUT2D eigenvalue weighted by atomic mass is 16.5. The quantitative estimate of drug-likeness (QED) is 0.695. The van der Waals surface area contributed by atoms with E-state index in [0.717, 1.165) is 36.5 Å². The maximum Gasteiger partial charge on any atom is 0.167 e. The van der Waals surface area contributed by atoms with Gasteiger partial charge in [-0.15, -0.1) is 0 Å². The van der Waals surface area contributed by atoms with Crippen LogP contribution in [-0.2, 0) is 0 Å². The van der Waals surface area contributed by atoms with Crippen LogP contribution in [0.1, 0.15) is 61.9 Å². The lowest BCUT2D eigenvalue weighted by molar-refractivity contribution is 0.0960. The van der Waals surface area contributed by atoms with Crippen molar-refractivity contribution in [2.24, 2.45) is 5.92 Å². The number of nitrogens with zero attached hydrogens (tertiary/aromatic N) is 1. The predicted molar refractivity (Wildman–Crippen MR) is 95.4 cm³/mol. The Labute approximate surface area is 141 Å². The number of ketones is 1. The molecule has 0 aromatic heterocycles. The fraction of sp³-hybridized carbons (Fsp3) is 0.650. The third-order valence-electron chi connectivity index (χ3n) is 4.36. The molecule has 0 atom stereocenters. The zero-order chi connectivity index (χ0) is 16.7. The van der Waals surface area contributed by atoms with Crippen LogP contribution < -0.4 is 4.74 Å². The standard InChI is InChI=1S/C20H31NO2/c1-16(2)15-23-20-9-8-17(3)14-18(20)19(22)10-13-21-11-6-4-5-7-12-21/h8-9,14,16H,4-7,10-13,15H2,1-3H3. The molecule has 3 heteroatoms. The molecule has 2 rings (SSSR count). The molecule has 0 spiro atoms. The van der Waals surface area contributed by atoms with Crippen molar-refractivity contribution in [1.29, 1.82) is 0 Å². The lowest BCUT2D eigenvalue weighted by Crippen LogP contribution is -2.27. The van der Waals surface area contributed by atoms with Gasteiger partial charge in [-0.2, -0.15) is 0 Å². The number of hydrogen-bond acceptors (Lipinski definition) is 3. The third kappa shape index (κ3) is 5.98. The molecule has 1 aromatic rings. The summed E-state index contributed by atoms with van der Waals surface area (Å²) in [6, 6.07) is 5.93. The Kier molecular flexibility index (Phi) is 7.10. The summed E-state index contributed by atoms with van der Waals surface area (Å²) in [6.07, 6.45) is 5.77. The van der Waals surface area contributed by atoms with Crippen molar-refractivity contribution in [3.8, 4) is 5.75 Å². The van der Waals surface area contributed by atoms with E-state index >= 15 is 0 Å². The SMILES string of the molecule is Cc1ccc(OCC(C)C)c(C(=O)CCN2CCCCCC2)c1. The number of rotatable bonds is 7. The molecule has 128 valence electrons. The number of likely N-dealkylation sites (tertiary alicyclic amines) is 1. The predicted octanol–water partition coefficient (Wildman–Crippen LogP) is 4.48. The molecule has 0 bridgehead atoms. The fourth-order valence-corrected chi connectivity index (χ4v) is 3.00. The zero-order valence-corrected chi connectivity index (χ0v) is 14.9. The largest absolute Gasteiger partial charge is 0.493 e. The minimum Gasteiger partial charge on any atom is -0.493 e. The van der Waals surface area contributed by atoms with E-state index in [-0.39, 0.29) is 5.78 Å². The van der Waals surface area contributed by atoms with Crippen LogP contribution >= 0.6 is 0 Å². The van der Waals surface area contributed by atoms with Gasteiger partial charge in [0, 0.05) is 13.0 Å². The maximum atomic E-state index is 12.7. The molecule has 0 N–H and O–H groups in total. The first-order valence-corrected chi connectivity index (χ1v) is 9.05. The molecule has 3 nitrogen and oxygen atoms in total. The van der Waals surface area contributed by atoms with Crippen LogP contribution in [0.15, 0.2) is 18.2 Å². The normalized spacial score (nSPS) is 16.3. The summed E-state index contributed by atoms with van der Waals surface area (Å²) >= 11 is 0. The summed E-state index contributed by atoms with van der Waals surface area (Å²) in [5.74, 6) is 1.40. The van der Waals surface area contributed by atoms with E-state index in [1.807, 2.05) is 25.1 Å². The van der Waals surface area contributed by atoms with E-state index < -0.39 is 0 Å². The number of hydrogen-bond donors (Lipinski definition) is 0. The fourth-order valence-electron chi connectivity index (χ4n) is 3.00. The summed E-state index contributed by atoms with van der Waals surface area (Å²) in [6.45, 7) is 10.1. The van der Waals surface area contributed by atoms with Gasteiger partial charge in [-0.05, 0) is 50.9 Å². The van der Waals surface area contributed by atoms with Crippen molar-refractivity contribution in [1.82, 2.24) is 4.90 Å². The van der Waals surface area contributed by atoms with E-state index in [1.54, 1.807) is 0 Å². The molecule has 1 aliphatic rings. The Morgan fingerprint density at radius 2 is 1.87 bits per heavy atom. The molecule has 1 fully saturated rings. The lowest BCUT2D eigenvalue weighted by atomic mass is 10.0. The Bertz CT molecular complexity index is 502. The van der Waals surface area contributed by atoms with Crippen LogP contribution in [0.25, 0.3) is 0 Å². The summed E-state index contributed by atoms with van der Waals surface area (Å²) in [5, 5.41) is 0. The Morgan fingerprint density at radius 1 is 1.17 bits per heavy atom. The van der Waals surface area contributed by atoms with Crippen LogP contribution in [0.2, 0.25) is 0 Å². The Hall–Kier alpha value is -1.35. The number of carbonyl (C=O) groups is 1. The molecule has 0 amide bonds. The molecular weight excluding hydrogens is 286 g/mol. The molecule has 1 saturated heterocycles. The Balaban J connectivity index is 1.97. The Morgan fingerprint density at radius 3 is 2.52 bits per heavy atom. The zero-order valence-electron chi connectivity index (χ0n) is 14.9. The summed E-state index contributed by atoms with van der Waals surface area (Å²) in [4.78, 5) is 15.1. The molecule has 23 heavy (non-hydrogen) atoms. The summed E-state index contributed by atoms with van der Waals surface area (Å²) < 4.78 is 5.85. The van der Waals surface area contributed by atoms with Gasteiger partial charge in [-0.25, -0.2) is 0 Å². The minimum atomic E-state index is 0.205.